The fourth-order valence-corrected chi connectivity index (χ4v) is 16.5. The summed E-state index contributed by atoms with van der Waals surface area (Å²) in [7, 11) is 0. The second-order valence-electron chi connectivity index (χ2n) is 8.20. The van der Waals surface area contributed by atoms with Crippen molar-refractivity contribution in [3.05, 3.63) is 35.2 Å². The van der Waals surface area contributed by atoms with E-state index in [4.69, 9.17) is 0 Å². The van der Waals surface area contributed by atoms with E-state index in [1.54, 1.807) is 0 Å². The minimum absolute atomic E-state index is 0.330. The Hall–Kier alpha value is 1.68. The highest BCUT2D eigenvalue weighted by Crippen LogP contribution is 2.71. The molecule has 1 radical (unpaired) electrons. The summed E-state index contributed by atoms with van der Waals surface area (Å²) < 4.78 is 10.3. The Morgan fingerprint density at radius 1 is 0.607 bits per heavy atom. The third-order valence-corrected chi connectivity index (χ3v) is 17.0. The number of hydroxylamine groups is 2. The lowest BCUT2D eigenvalue weighted by Gasteiger charge is -2.48. The molecule has 0 aromatic carbocycles. The van der Waals surface area contributed by atoms with E-state index in [1.807, 2.05) is 94.1 Å². The molecule has 0 unspecified atom stereocenters. The van der Waals surface area contributed by atoms with Crippen molar-refractivity contribution in [3.63, 3.8) is 0 Å². The normalized spacial score (nSPS) is 29.9. The predicted molar refractivity (Wildman–Crippen MR) is 138 cm³/mol. The minimum Gasteiger partial charge on any atom is -0.143 e. The van der Waals surface area contributed by atoms with Crippen LogP contribution < -0.4 is 0 Å². The molecule has 0 bridgehead atoms. The molecular weight excluding hydrogens is 503 g/mol. The van der Waals surface area contributed by atoms with Gasteiger partial charge in [0, 0.05) is 22.6 Å². The summed E-state index contributed by atoms with van der Waals surface area (Å²) in [6.07, 6.45) is 1.74. The highest BCUT2D eigenvalue weighted by molar-refractivity contribution is 8.49. The number of thioether (sulfide) groups is 8. The molecule has 1 saturated heterocycles. The molecule has 151 valence electrons. The molecule has 5 aliphatic heterocycles. The summed E-state index contributed by atoms with van der Waals surface area (Å²) >= 11 is 15.8. The maximum absolute atomic E-state index is 12.7. The average molecular weight is 523 g/mol. The molecule has 1 fully saturated rings. The van der Waals surface area contributed by atoms with Crippen molar-refractivity contribution in [1.29, 1.82) is 0 Å². The first-order valence-corrected chi connectivity index (χ1v) is 15.8. The summed E-state index contributed by atoms with van der Waals surface area (Å²) in [5, 5.41) is 14.0. The number of rotatable bonds is 0. The maximum atomic E-state index is 12.7. The van der Waals surface area contributed by atoms with Crippen molar-refractivity contribution in [3.8, 4) is 0 Å². The fraction of sp³-hybridized carbons (Fsp3) is 0.556. The van der Waals surface area contributed by atoms with Gasteiger partial charge in [0.1, 0.15) is 0 Å². The zero-order chi connectivity index (χ0) is 19.7. The van der Waals surface area contributed by atoms with Gasteiger partial charge in [-0.2, -0.15) is 0 Å². The van der Waals surface area contributed by atoms with Crippen LogP contribution in [0.25, 0.3) is 0 Å². The second-order valence-corrected chi connectivity index (χ2v) is 18.3. The van der Waals surface area contributed by atoms with E-state index < -0.39 is 0 Å². The largest absolute Gasteiger partial charge is 0.143 e. The number of piperidine rings is 1. The molecular formula is C18H20NOS8. The van der Waals surface area contributed by atoms with Crippen molar-refractivity contribution in [2.75, 3.05) is 11.5 Å². The molecule has 0 aliphatic carbocycles. The maximum Gasteiger partial charge on any atom is 0.0718 e. The highest BCUT2D eigenvalue weighted by Gasteiger charge is 2.46. The molecule has 5 rings (SSSR count). The first-order valence-electron chi connectivity index (χ1n) is 8.98. The van der Waals surface area contributed by atoms with Crippen molar-refractivity contribution in [1.82, 2.24) is 5.06 Å². The second kappa shape index (κ2) is 7.92. The van der Waals surface area contributed by atoms with Crippen LogP contribution in [0.1, 0.15) is 40.5 Å². The Bertz CT molecular complexity index is 807. The summed E-state index contributed by atoms with van der Waals surface area (Å²) in [5.41, 5.74) is 0.808. The summed E-state index contributed by atoms with van der Waals surface area (Å²) in [6, 6.07) is 0. The molecule has 0 aromatic rings. The van der Waals surface area contributed by atoms with Gasteiger partial charge in [0.2, 0.25) is 0 Å². The molecule has 0 spiro atoms. The lowest BCUT2D eigenvalue weighted by molar-refractivity contribution is -0.279. The zero-order valence-electron chi connectivity index (χ0n) is 15.9. The third-order valence-electron chi connectivity index (χ3n) is 4.84. The van der Waals surface area contributed by atoms with Gasteiger partial charge >= 0.3 is 0 Å². The standard InChI is InChI=1S/C18H20NOS8/c1-17(2)7-9(8-18(3,4)19(17)20)10-23-13-14(24-10)28-16(27-13)15-25-11-12(26-15)22-6-5-21-11/h5-8H2,1-4H3. The van der Waals surface area contributed by atoms with Crippen LogP contribution in [-0.4, -0.2) is 27.6 Å². The Kier molecular flexibility index (Phi) is 6.09. The monoisotopic (exact) mass is 522 g/mol. The Balaban J connectivity index is 1.31. The van der Waals surface area contributed by atoms with Crippen LogP contribution in [0.3, 0.4) is 0 Å². The van der Waals surface area contributed by atoms with Crippen LogP contribution in [0, 0.1) is 0 Å². The molecule has 5 aliphatic rings. The summed E-state index contributed by atoms with van der Waals surface area (Å²) in [6.45, 7) is 8.33. The van der Waals surface area contributed by atoms with Gasteiger partial charge in [0.05, 0.1) is 29.7 Å². The zero-order valence-corrected chi connectivity index (χ0v) is 22.5. The molecule has 5 heterocycles. The van der Waals surface area contributed by atoms with Crippen molar-refractivity contribution < 1.29 is 5.21 Å². The van der Waals surface area contributed by atoms with Gasteiger partial charge < -0.3 is 0 Å². The Morgan fingerprint density at radius 3 is 1.39 bits per heavy atom. The lowest BCUT2D eigenvalue weighted by Crippen LogP contribution is -2.56. The first-order chi connectivity index (χ1) is 13.2. The molecule has 0 aromatic heterocycles. The molecule has 28 heavy (non-hydrogen) atoms. The van der Waals surface area contributed by atoms with Crippen LogP contribution in [-0.2, 0) is 5.21 Å². The molecule has 0 atom stereocenters. The molecule has 0 saturated carbocycles. The van der Waals surface area contributed by atoms with Gasteiger partial charge in [-0.15, -0.1) is 33.8 Å². The van der Waals surface area contributed by atoms with Crippen LogP contribution in [0.15, 0.2) is 35.2 Å². The summed E-state index contributed by atoms with van der Waals surface area (Å²) in [4.78, 5) is 0. The van der Waals surface area contributed by atoms with E-state index in [9.17, 15) is 5.21 Å². The number of hydrogen-bond acceptors (Lipinski definition) is 9. The molecule has 2 nitrogen and oxygen atoms in total. The van der Waals surface area contributed by atoms with Gasteiger partial charge in [-0.1, -0.05) is 70.6 Å². The minimum atomic E-state index is -0.330. The SMILES string of the molecule is CC1(C)CC(=C2SC3=C(S2)SC(=C2SC4=C(SCCS4)S2)S3)CC(C)(C)N1[O]. The smallest absolute Gasteiger partial charge is 0.0718 e. The topological polar surface area (TPSA) is 23.1 Å². The third kappa shape index (κ3) is 3.94. The average Bonchev–Trinajstić information content (AvgIpc) is 3.30. The van der Waals surface area contributed by atoms with Gasteiger partial charge in [-0.05, 0) is 46.1 Å². The first kappa shape index (κ1) is 21.5. The number of hydrogen-bond donors (Lipinski definition) is 0. The van der Waals surface area contributed by atoms with Crippen LogP contribution in [0.5, 0.6) is 0 Å². The van der Waals surface area contributed by atoms with Crippen LogP contribution >= 0.6 is 94.1 Å². The summed E-state index contributed by atoms with van der Waals surface area (Å²) in [5.74, 6) is 2.48. The van der Waals surface area contributed by atoms with Crippen molar-refractivity contribution >= 4 is 94.1 Å². The van der Waals surface area contributed by atoms with E-state index in [0.717, 1.165) is 12.8 Å². The molecule has 10 heteroatoms. The highest BCUT2D eigenvalue weighted by atomic mass is 32.3. The van der Waals surface area contributed by atoms with Crippen molar-refractivity contribution in [2.45, 2.75) is 51.6 Å². The fourth-order valence-electron chi connectivity index (χ4n) is 3.83. The number of nitrogens with zero attached hydrogens (tertiary/aromatic N) is 1. The van der Waals surface area contributed by atoms with E-state index in [-0.39, 0.29) is 11.1 Å². The predicted octanol–water partition coefficient (Wildman–Crippen LogP) is 8.50. The van der Waals surface area contributed by atoms with E-state index >= 15 is 0 Å². The molecule has 0 N–H and O–H groups in total. The van der Waals surface area contributed by atoms with Crippen molar-refractivity contribution in [2.24, 2.45) is 0 Å². The van der Waals surface area contributed by atoms with E-state index in [1.165, 1.54) is 51.8 Å². The molecule has 0 amide bonds. The van der Waals surface area contributed by atoms with E-state index in [2.05, 4.69) is 27.7 Å². The van der Waals surface area contributed by atoms with Crippen LogP contribution in [0.4, 0.5) is 0 Å². The van der Waals surface area contributed by atoms with E-state index in [0.29, 0.717) is 0 Å². The van der Waals surface area contributed by atoms with Crippen LogP contribution in [0.2, 0.25) is 0 Å². The lowest BCUT2D eigenvalue weighted by atomic mass is 9.79. The Labute approximate surface area is 201 Å². The quantitative estimate of drug-likeness (QED) is 0.310. The van der Waals surface area contributed by atoms with Gasteiger partial charge in [0.25, 0.3) is 0 Å². The van der Waals surface area contributed by atoms with Gasteiger partial charge in [0.15, 0.2) is 0 Å². The van der Waals surface area contributed by atoms with Gasteiger partial charge in [-0.3, -0.25) is 0 Å². The van der Waals surface area contributed by atoms with Gasteiger partial charge in [-0.25, -0.2) is 0 Å². The Morgan fingerprint density at radius 2 is 0.964 bits per heavy atom.